The molecule has 2 aromatic rings. The number of halogens is 2. The molecule has 0 aliphatic heterocycles. The maximum Gasteiger partial charge on any atom is 0.128 e. The van der Waals surface area contributed by atoms with E-state index in [2.05, 4.69) is 34.2 Å². The fraction of sp³-hybridized carbons (Fsp3) is 0.286. The van der Waals surface area contributed by atoms with Gasteiger partial charge >= 0.3 is 0 Å². The van der Waals surface area contributed by atoms with Gasteiger partial charge in [0.2, 0.25) is 0 Å². The Balaban J connectivity index is 2.45. The molecule has 0 amide bonds. The first-order valence-corrected chi connectivity index (χ1v) is 7.33. The van der Waals surface area contributed by atoms with Crippen molar-refractivity contribution in [2.45, 2.75) is 19.9 Å². The average Bonchev–Trinajstić information content (AvgIpc) is 2.63. The molecule has 96 valence electrons. The molecule has 1 aromatic carbocycles. The lowest BCUT2D eigenvalue weighted by Gasteiger charge is -2.16. The van der Waals surface area contributed by atoms with Crippen LogP contribution in [0.1, 0.15) is 26.9 Å². The molecule has 0 aliphatic carbocycles. The van der Waals surface area contributed by atoms with Crippen LogP contribution in [0.2, 0.25) is 0 Å². The first-order valence-electron chi connectivity index (χ1n) is 5.72. The topological polar surface area (TPSA) is 12.0 Å². The molecule has 0 saturated carbocycles. The second-order valence-electron chi connectivity index (χ2n) is 4.30. The number of nitrogens with one attached hydrogen (secondary N) is 1. The first kappa shape index (κ1) is 13.7. The third-order valence-electron chi connectivity index (χ3n) is 2.92. The van der Waals surface area contributed by atoms with Crippen LogP contribution in [-0.2, 0) is 0 Å². The Bertz CT molecular complexity index is 545. The predicted octanol–water partition coefficient (Wildman–Crippen LogP) is 4.58. The van der Waals surface area contributed by atoms with Crippen LogP contribution in [0.4, 0.5) is 4.39 Å². The lowest BCUT2D eigenvalue weighted by molar-refractivity contribution is 0.578. The number of thiophene rings is 1. The maximum atomic E-state index is 14.0. The number of hydrogen-bond donors (Lipinski definition) is 1. The second kappa shape index (κ2) is 5.51. The number of hydrogen-bond acceptors (Lipinski definition) is 2. The Morgan fingerprint density at radius 1 is 1.28 bits per heavy atom. The van der Waals surface area contributed by atoms with E-state index in [0.717, 1.165) is 14.9 Å². The van der Waals surface area contributed by atoms with Crippen molar-refractivity contribution in [3.63, 3.8) is 0 Å². The largest absolute Gasteiger partial charge is 0.309 e. The summed E-state index contributed by atoms with van der Waals surface area (Å²) in [6.07, 6.45) is 0. The van der Waals surface area contributed by atoms with E-state index in [1.807, 2.05) is 26.1 Å². The number of benzene rings is 1. The van der Waals surface area contributed by atoms with Crippen molar-refractivity contribution < 1.29 is 4.39 Å². The predicted molar refractivity (Wildman–Crippen MR) is 78.8 cm³/mol. The van der Waals surface area contributed by atoms with Crippen LogP contribution in [0, 0.1) is 19.7 Å². The molecule has 2 rings (SSSR count). The average molecular weight is 328 g/mol. The van der Waals surface area contributed by atoms with E-state index in [0.29, 0.717) is 5.56 Å². The molecule has 1 unspecified atom stereocenters. The smallest absolute Gasteiger partial charge is 0.128 e. The van der Waals surface area contributed by atoms with Crippen molar-refractivity contribution >= 4 is 27.3 Å². The molecule has 1 nitrogen and oxygen atoms in total. The summed E-state index contributed by atoms with van der Waals surface area (Å²) in [6.45, 7) is 3.95. The quantitative estimate of drug-likeness (QED) is 0.870. The van der Waals surface area contributed by atoms with Crippen LogP contribution in [0.5, 0.6) is 0 Å². The number of rotatable bonds is 3. The summed E-state index contributed by atoms with van der Waals surface area (Å²) in [5.74, 6) is -0.156. The molecule has 0 aliphatic rings. The third kappa shape index (κ3) is 2.66. The highest BCUT2D eigenvalue weighted by atomic mass is 79.9. The van der Waals surface area contributed by atoms with Gasteiger partial charge in [0.1, 0.15) is 5.82 Å². The van der Waals surface area contributed by atoms with E-state index in [-0.39, 0.29) is 11.9 Å². The zero-order chi connectivity index (χ0) is 13.3. The Hall–Kier alpha value is -0.710. The van der Waals surface area contributed by atoms with Gasteiger partial charge in [0.05, 0.1) is 6.04 Å². The van der Waals surface area contributed by atoms with Gasteiger partial charge < -0.3 is 5.32 Å². The molecule has 1 aromatic heterocycles. The van der Waals surface area contributed by atoms with Gasteiger partial charge in [-0.3, -0.25) is 0 Å². The van der Waals surface area contributed by atoms with Gasteiger partial charge in [0.25, 0.3) is 0 Å². The summed E-state index contributed by atoms with van der Waals surface area (Å²) in [5, 5.41) is 3.19. The van der Waals surface area contributed by atoms with Crippen molar-refractivity contribution in [3.8, 4) is 0 Å². The third-order valence-corrected chi connectivity index (χ3v) is 5.12. The van der Waals surface area contributed by atoms with Crippen LogP contribution in [0.3, 0.4) is 0 Å². The first-order chi connectivity index (χ1) is 8.52. The van der Waals surface area contributed by atoms with E-state index in [9.17, 15) is 4.39 Å². The molecule has 0 spiro atoms. The van der Waals surface area contributed by atoms with Gasteiger partial charge in [-0.15, -0.1) is 11.3 Å². The lowest BCUT2D eigenvalue weighted by Crippen LogP contribution is -2.17. The fourth-order valence-corrected chi connectivity index (χ4v) is 3.63. The minimum Gasteiger partial charge on any atom is -0.309 e. The highest BCUT2D eigenvalue weighted by molar-refractivity contribution is 9.10. The van der Waals surface area contributed by atoms with E-state index in [1.54, 1.807) is 17.4 Å². The lowest BCUT2D eigenvalue weighted by atomic mass is 10.0. The highest BCUT2D eigenvalue weighted by Gasteiger charge is 2.18. The molecule has 0 fully saturated rings. The standard InChI is InChI=1S/C14H15BrFNS/c1-8-4-5-10(12(16)6-8)14(17-3)13-7-11(15)9(2)18-13/h4-7,14,17H,1-3H3. The summed E-state index contributed by atoms with van der Waals surface area (Å²) in [7, 11) is 1.85. The second-order valence-corrected chi connectivity index (χ2v) is 6.44. The highest BCUT2D eigenvalue weighted by Crippen LogP contribution is 2.34. The zero-order valence-electron chi connectivity index (χ0n) is 10.6. The monoisotopic (exact) mass is 327 g/mol. The minimum atomic E-state index is -0.156. The van der Waals surface area contributed by atoms with Crippen LogP contribution in [0.15, 0.2) is 28.7 Å². The molecule has 0 saturated heterocycles. The molecule has 4 heteroatoms. The molecular formula is C14H15BrFNS. The van der Waals surface area contributed by atoms with Gasteiger partial charge in [-0.1, -0.05) is 12.1 Å². The molecule has 0 bridgehead atoms. The molecule has 18 heavy (non-hydrogen) atoms. The van der Waals surface area contributed by atoms with E-state index in [1.165, 1.54) is 4.88 Å². The van der Waals surface area contributed by atoms with Crippen molar-refractivity contribution in [3.05, 3.63) is 55.4 Å². The summed E-state index contributed by atoms with van der Waals surface area (Å²) in [5.41, 5.74) is 1.63. The fourth-order valence-electron chi connectivity index (χ4n) is 1.94. The number of aryl methyl sites for hydroxylation is 2. The van der Waals surface area contributed by atoms with Gasteiger partial charge in [0.15, 0.2) is 0 Å². The molecule has 1 atom stereocenters. The summed E-state index contributed by atoms with van der Waals surface area (Å²) in [6, 6.07) is 7.34. The Morgan fingerprint density at radius 3 is 2.50 bits per heavy atom. The summed E-state index contributed by atoms with van der Waals surface area (Å²) >= 11 is 5.18. The maximum absolute atomic E-state index is 14.0. The summed E-state index contributed by atoms with van der Waals surface area (Å²) < 4.78 is 15.1. The summed E-state index contributed by atoms with van der Waals surface area (Å²) in [4.78, 5) is 2.32. The molecular weight excluding hydrogens is 313 g/mol. The van der Waals surface area contributed by atoms with Gasteiger partial charge in [-0.05, 0) is 54.5 Å². The van der Waals surface area contributed by atoms with Gasteiger partial charge in [0, 0.05) is 19.8 Å². The van der Waals surface area contributed by atoms with E-state index in [4.69, 9.17) is 0 Å². The van der Waals surface area contributed by atoms with Crippen LogP contribution in [0.25, 0.3) is 0 Å². The Labute approximate surface area is 119 Å². The van der Waals surface area contributed by atoms with Gasteiger partial charge in [-0.25, -0.2) is 4.39 Å². The van der Waals surface area contributed by atoms with Crippen molar-refractivity contribution in [2.24, 2.45) is 0 Å². The van der Waals surface area contributed by atoms with Gasteiger partial charge in [-0.2, -0.15) is 0 Å². The normalized spacial score (nSPS) is 12.7. The van der Waals surface area contributed by atoms with Crippen molar-refractivity contribution in [1.82, 2.24) is 5.32 Å². The Morgan fingerprint density at radius 2 is 2.00 bits per heavy atom. The molecule has 1 N–H and O–H groups in total. The zero-order valence-corrected chi connectivity index (χ0v) is 13.0. The Kier molecular flexibility index (Phi) is 4.20. The minimum absolute atomic E-state index is 0.0967. The molecule has 1 heterocycles. The van der Waals surface area contributed by atoms with E-state index >= 15 is 0 Å². The van der Waals surface area contributed by atoms with Crippen LogP contribution < -0.4 is 5.32 Å². The van der Waals surface area contributed by atoms with Crippen LogP contribution in [-0.4, -0.2) is 7.05 Å². The molecule has 0 radical (unpaired) electrons. The van der Waals surface area contributed by atoms with Crippen molar-refractivity contribution in [1.29, 1.82) is 0 Å². The van der Waals surface area contributed by atoms with Crippen molar-refractivity contribution in [2.75, 3.05) is 7.05 Å². The van der Waals surface area contributed by atoms with Crippen LogP contribution >= 0.6 is 27.3 Å². The van der Waals surface area contributed by atoms with E-state index < -0.39 is 0 Å². The SMILES string of the molecule is CNC(c1cc(Br)c(C)s1)c1ccc(C)cc1F.